The monoisotopic (exact) mass is 250 g/mol. The number of benzene rings is 1. The first-order valence-corrected chi connectivity index (χ1v) is 4.18. The van der Waals surface area contributed by atoms with E-state index in [9.17, 15) is 4.39 Å². The molecule has 0 aromatic heterocycles. The van der Waals surface area contributed by atoms with Crippen LogP contribution in [0.25, 0.3) is 0 Å². The van der Waals surface area contributed by atoms with Crippen molar-refractivity contribution in [3.05, 3.63) is 26.9 Å². The van der Waals surface area contributed by atoms with Crippen molar-refractivity contribution in [3.63, 3.8) is 0 Å². The number of nitrogen functional groups attached to an aromatic ring is 1. The van der Waals surface area contributed by atoms with Crippen LogP contribution in [0.15, 0.2) is 10.5 Å². The highest BCUT2D eigenvalue weighted by Crippen LogP contribution is 2.31. The maximum absolute atomic E-state index is 12.8. The van der Waals surface area contributed by atoms with Crippen molar-refractivity contribution in [2.45, 2.75) is 0 Å². The topological polar surface area (TPSA) is 49.9 Å². The number of hydrogen-bond acceptors (Lipinski definition) is 2. The quantitative estimate of drug-likeness (QED) is 0.450. The molecule has 1 aromatic carbocycles. The Kier molecular flexibility index (Phi) is 2.69. The summed E-state index contributed by atoms with van der Waals surface area (Å²) in [5.74, 6) is -0.591. The second kappa shape index (κ2) is 3.41. The average molecular weight is 251 g/mol. The molecule has 0 atom stereocenters. The molecule has 12 heavy (non-hydrogen) atoms. The normalized spacial score (nSPS) is 9.92. The van der Waals surface area contributed by atoms with Gasteiger partial charge in [0.25, 0.3) is 0 Å². The lowest BCUT2D eigenvalue weighted by Gasteiger charge is -2.05. The molecule has 0 aliphatic carbocycles. The molecule has 5 heteroatoms. The number of halogens is 3. The third-order valence-electron chi connectivity index (χ3n) is 1.38. The summed E-state index contributed by atoms with van der Waals surface area (Å²) in [6.07, 6.45) is 1.02. The van der Waals surface area contributed by atoms with E-state index < -0.39 is 5.82 Å². The SMILES string of the molecule is N=Cc1c(N)cc(F)c(Cl)c1Br. The second-order valence-electron chi connectivity index (χ2n) is 2.13. The number of nitrogens with two attached hydrogens (primary N) is 1. The van der Waals surface area contributed by atoms with Crippen LogP contribution in [0.3, 0.4) is 0 Å². The fourth-order valence-electron chi connectivity index (χ4n) is 0.774. The third kappa shape index (κ3) is 1.44. The van der Waals surface area contributed by atoms with Crippen LogP contribution in [0, 0.1) is 11.2 Å². The van der Waals surface area contributed by atoms with E-state index in [1.165, 1.54) is 0 Å². The first kappa shape index (κ1) is 9.48. The zero-order chi connectivity index (χ0) is 9.30. The fraction of sp³-hybridized carbons (Fsp3) is 0. The van der Waals surface area contributed by atoms with Gasteiger partial charge in [-0.1, -0.05) is 11.6 Å². The van der Waals surface area contributed by atoms with Crippen LogP contribution in [0.2, 0.25) is 5.02 Å². The summed E-state index contributed by atoms with van der Waals surface area (Å²) in [7, 11) is 0. The summed E-state index contributed by atoms with van der Waals surface area (Å²) in [4.78, 5) is 0. The van der Waals surface area contributed by atoms with Crippen molar-refractivity contribution in [1.82, 2.24) is 0 Å². The van der Waals surface area contributed by atoms with Crippen LogP contribution < -0.4 is 5.73 Å². The van der Waals surface area contributed by atoms with Gasteiger partial charge in [-0.25, -0.2) is 4.39 Å². The Morgan fingerprint density at radius 3 is 2.75 bits per heavy atom. The Morgan fingerprint density at radius 2 is 2.25 bits per heavy atom. The minimum absolute atomic E-state index is 0.0531. The third-order valence-corrected chi connectivity index (χ3v) is 2.80. The molecule has 0 spiro atoms. The van der Waals surface area contributed by atoms with E-state index in [1.54, 1.807) is 0 Å². The Morgan fingerprint density at radius 1 is 1.67 bits per heavy atom. The lowest BCUT2D eigenvalue weighted by molar-refractivity contribution is 0.628. The molecule has 1 rings (SSSR count). The lowest BCUT2D eigenvalue weighted by atomic mass is 10.2. The molecule has 0 bridgehead atoms. The molecule has 1 aromatic rings. The van der Waals surface area contributed by atoms with Crippen LogP contribution in [-0.2, 0) is 0 Å². The smallest absolute Gasteiger partial charge is 0.145 e. The van der Waals surface area contributed by atoms with Crippen LogP contribution in [0.4, 0.5) is 10.1 Å². The lowest BCUT2D eigenvalue weighted by Crippen LogP contribution is -1.96. The van der Waals surface area contributed by atoms with Gasteiger partial charge in [-0.15, -0.1) is 0 Å². The molecular weight excluding hydrogens is 246 g/mol. The van der Waals surface area contributed by atoms with Crippen molar-refractivity contribution in [1.29, 1.82) is 5.41 Å². The van der Waals surface area contributed by atoms with E-state index in [-0.39, 0.29) is 10.7 Å². The summed E-state index contributed by atoms with van der Waals surface area (Å²) < 4.78 is 13.2. The van der Waals surface area contributed by atoms with Crippen molar-refractivity contribution in [3.8, 4) is 0 Å². The first-order chi connectivity index (χ1) is 5.57. The van der Waals surface area contributed by atoms with E-state index >= 15 is 0 Å². The zero-order valence-electron chi connectivity index (χ0n) is 5.87. The van der Waals surface area contributed by atoms with Crippen molar-refractivity contribution in [2.75, 3.05) is 5.73 Å². The van der Waals surface area contributed by atoms with E-state index in [0.717, 1.165) is 12.3 Å². The molecule has 0 aliphatic rings. The predicted octanol–water partition coefficient (Wildman–Crippen LogP) is 2.82. The minimum Gasteiger partial charge on any atom is -0.398 e. The first-order valence-electron chi connectivity index (χ1n) is 3.01. The van der Waals surface area contributed by atoms with Gasteiger partial charge in [0, 0.05) is 21.9 Å². The standard InChI is InChI=1S/C7H5BrClFN2/c8-6-3(2-11)5(12)1-4(10)7(6)9/h1-2,11H,12H2. The Hall–Kier alpha value is -0.610. The maximum Gasteiger partial charge on any atom is 0.145 e. The van der Waals surface area contributed by atoms with Gasteiger partial charge in [-0.3, -0.25) is 0 Å². The van der Waals surface area contributed by atoms with Gasteiger partial charge in [-0.05, 0) is 22.0 Å². The van der Waals surface area contributed by atoms with Gasteiger partial charge in [0.2, 0.25) is 0 Å². The Labute approximate surface area is 82.2 Å². The molecule has 0 unspecified atom stereocenters. The van der Waals surface area contributed by atoms with E-state index in [4.69, 9.17) is 22.7 Å². The van der Waals surface area contributed by atoms with Crippen molar-refractivity contribution >= 4 is 39.4 Å². The highest BCUT2D eigenvalue weighted by atomic mass is 79.9. The Bertz CT molecular complexity index is 341. The predicted molar refractivity (Wildman–Crippen MR) is 51.4 cm³/mol. The summed E-state index contributed by atoms with van der Waals surface area (Å²) >= 11 is 8.59. The van der Waals surface area contributed by atoms with Gasteiger partial charge < -0.3 is 11.1 Å². The molecule has 3 N–H and O–H groups in total. The van der Waals surface area contributed by atoms with E-state index in [1.807, 2.05) is 0 Å². The van der Waals surface area contributed by atoms with Crippen molar-refractivity contribution in [2.24, 2.45) is 0 Å². The van der Waals surface area contributed by atoms with E-state index in [2.05, 4.69) is 15.9 Å². The molecule has 0 amide bonds. The highest BCUT2D eigenvalue weighted by molar-refractivity contribution is 9.10. The van der Waals surface area contributed by atoms with Gasteiger partial charge in [0.15, 0.2) is 0 Å². The number of hydrogen-bond donors (Lipinski definition) is 2. The van der Waals surface area contributed by atoms with Crippen LogP contribution >= 0.6 is 27.5 Å². The molecular formula is C7H5BrClFN2. The van der Waals surface area contributed by atoms with Crippen molar-refractivity contribution < 1.29 is 4.39 Å². The molecule has 2 nitrogen and oxygen atoms in total. The zero-order valence-corrected chi connectivity index (χ0v) is 8.21. The molecule has 0 aliphatic heterocycles. The fourth-order valence-corrected chi connectivity index (χ4v) is 1.46. The summed E-state index contributed by atoms with van der Waals surface area (Å²) in [5.41, 5.74) is 6.01. The molecule has 0 saturated carbocycles. The maximum atomic E-state index is 12.8. The molecule has 0 heterocycles. The van der Waals surface area contributed by atoms with Gasteiger partial charge in [0.05, 0.1) is 5.02 Å². The molecule has 0 saturated heterocycles. The van der Waals surface area contributed by atoms with Gasteiger partial charge >= 0.3 is 0 Å². The molecule has 0 fully saturated rings. The summed E-state index contributed by atoms with van der Waals surface area (Å²) in [6.45, 7) is 0. The van der Waals surface area contributed by atoms with Gasteiger partial charge in [0.1, 0.15) is 5.82 Å². The van der Waals surface area contributed by atoms with E-state index in [0.29, 0.717) is 10.0 Å². The minimum atomic E-state index is -0.591. The van der Waals surface area contributed by atoms with Crippen LogP contribution in [0.1, 0.15) is 5.56 Å². The van der Waals surface area contributed by atoms with Crippen LogP contribution in [0.5, 0.6) is 0 Å². The largest absolute Gasteiger partial charge is 0.398 e. The summed E-state index contributed by atoms with van der Waals surface area (Å²) in [5, 5.41) is 6.92. The number of rotatable bonds is 1. The number of nitrogens with one attached hydrogen (secondary N) is 1. The number of anilines is 1. The second-order valence-corrected chi connectivity index (χ2v) is 3.30. The Balaban J connectivity index is 3.51. The molecule has 64 valence electrons. The average Bonchev–Trinajstić information content (AvgIpc) is 2.01. The van der Waals surface area contributed by atoms with Gasteiger partial charge in [-0.2, -0.15) is 0 Å². The molecule has 0 radical (unpaired) electrons. The highest BCUT2D eigenvalue weighted by Gasteiger charge is 2.11. The van der Waals surface area contributed by atoms with Crippen LogP contribution in [-0.4, -0.2) is 6.21 Å². The summed E-state index contributed by atoms with van der Waals surface area (Å²) in [6, 6.07) is 1.09.